The van der Waals surface area contributed by atoms with Gasteiger partial charge < -0.3 is 10.6 Å². The van der Waals surface area contributed by atoms with E-state index in [2.05, 4.69) is 30.7 Å². The lowest BCUT2D eigenvalue weighted by atomic mass is 9.85. The third-order valence-electron chi connectivity index (χ3n) is 5.06. The number of nitrogens with two attached hydrogens (primary N) is 1. The minimum absolute atomic E-state index is 0.242. The molecule has 0 radical (unpaired) electrons. The number of hydrogen-bond acceptors (Lipinski definition) is 3. The number of likely N-dealkylation sites (tertiary alicyclic amines) is 1. The molecule has 2 fully saturated rings. The maximum absolute atomic E-state index is 6.28. The van der Waals surface area contributed by atoms with E-state index >= 15 is 0 Å². The smallest absolute Gasteiger partial charge is 0.0461 e. The summed E-state index contributed by atoms with van der Waals surface area (Å²) in [4.78, 5) is 5.30. The van der Waals surface area contributed by atoms with Crippen LogP contribution >= 0.6 is 0 Å². The number of piperidine rings is 1. The molecule has 1 saturated heterocycles. The summed E-state index contributed by atoms with van der Waals surface area (Å²) in [6.45, 7) is 9.13. The molecule has 1 unspecified atom stereocenters. The van der Waals surface area contributed by atoms with Crippen molar-refractivity contribution in [1.29, 1.82) is 0 Å². The molecule has 0 bridgehead atoms. The molecular formula is C16H33N3. The minimum Gasteiger partial charge on any atom is -0.329 e. The first-order valence-corrected chi connectivity index (χ1v) is 8.23. The first-order chi connectivity index (χ1) is 9.07. The van der Waals surface area contributed by atoms with E-state index in [0.29, 0.717) is 0 Å². The predicted octanol–water partition coefficient (Wildman–Crippen LogP) is 2.31. The number of nitrogens with zero attached hydrogens (tertiary/aromatic N) is 2. The van der Waals surface area contributed by atoms with Gasteiger partial charge in [0.15, 0.2) is 0 Å². The highest BCUT2D eigenvalue weighted by molar-refractivity contribution is 5.00. The van der Waals surface area contributed by atoms with Crippen molar-refractivity contribution in [3.63, 3.8) is 0 Å². The van der Waals surface area contributed by atoms with Gasteiger partial charge in [0.05, 0.1) is 0 Å². The van der Waals surface area contributed by atoms with E-state index in [1.807, 2.05) is 0 Å². The van der Waals surface area contributed by atoms with Gasteiger partial charge in [0.1, 0.15) is 0 Å². The van der Waals surface area contributed by atoms with Crippen LogP contribution in [0.5, 0.6) is 0 Å². The zero-order chi connectivity index (χ0) is 13.9. The zero-order valence-electron chi connectivity index (χ0n) is 13.2. The van der Waals surface area contributed by atoms with Gasteiger partial charge in [-0.15, -0.1) is 0 Å². The van der Waals surface area contributed by atoms with Crippen LogP contribution < -0.4 is 5.73 Å². The van der Waals surface area contributed by atoms with E-state index in [4.69, 9.17) is 5.73 Å². The molecule has 3 nitrogen and oxygen atoms in total. The molecule has 0 aromatic carbocycles. The maximum Gasteiger partial charge on any atom is 0.0461 e. The van der Waals surface area contributed by atoms with Gasteiger partial charge in [0.25, 0.3) is 0 Å². The van der Waals surface area contributed by atoms with Crippen molar-refractivity contribution in [3.05, 3.63) is 0 Å². The fourth-order valence-corrected chi connectivity index (χ4v) is 4.20. The molecule has 0 aromatic rings. The topological polar surface area (TPSA) is 32.5 Å². The van der Waals surface area contributed by atoms with E-state index in [9.17, 15) is 0 Å². The van der Waals surface area contributed by atoms with Gasteiger partial charge >= 0.3 is 0 Å². The summed E-state index contributed by atoms with van der Waals surface area (Å²) in [5.74, 6) is 0.733. The summed E-state index contributed by atoms with van der Waals surface area (Å²) in [5.41, 5.74) is 6.52. The summed E-state index contributed by atoms with van der Waals surface area (Å²) in [5, 5.41) is 0. The second kappa shape index (κ2) is 6.55. The Morgan fingerprint density at radius 3 is 2.47 bits per heavy atom. The summed E-state index contributed by atoms with van der Waals surface area (Å²) in [7, 11) is 2.26. The van der Waals surface area contributed by atoms with Gasteiger partial charge in [-0.3, -0.25) is 4.90 Å². The summed E-state index contributed by atoms with van der Waals surface area (Å²) in [6.07, 6.45) is 8.19. The van der Waals surface area contributed by atoms with Crippen LogP contribution in [-0.4, -0.2) is 54.6 Å². The molecule has 1 saturated carbocycles. The van der Waals surface area contributed by atoms with Crippen molar-refractivity contribution < 1.29 is 0 Å². The van der Waals surface area contributed by atoms with Crippen LogP contribution in [0.25, 0.3) is 0 Å². The fraction of sp³-hybridized carbons (Fsp3) is 1.00. The van der Waals surface area contributed by atoms with Crippen molar-refractivity contribution in [3.8, 4) is 0 Å². The lowest BCUT2D eigenvalue weighted by Gasteiger charge is -2.51. The van der Waals surface area contributed by atoms with Crippen molar-refractivity contribution in [2.75, 3.05) is 33.2 Å². The molecule has 0 amide bonds. The molecule has 19 heavy (non-hydrogen) atoms. The minimum atomic E-state index is 0.242. The van der Waals surface area contributed by atoms with Crippen LogP contribution in [0.15, 0.2) is 0 Å². The average molecular weight is 267 g/mol. The maximum atomic E-state index is 6.28. The van der Waals surface area contributed by atoms with E-state index in [1.165, 1.54) is 51.6 Å². The Morgan fingerprint density at radius 1 is 1.26 bits per heavy atom. The number of likely N-dealkylation sites (N-methyl/N-ethyl adjacent to an activating group) is 1. The van der Waals surface area contributed by atoms with Gasteiger partial charge in [-0.25, -0.2) is 0 Å². The predicted molar refractivity (Wildman–Crippen MR) is 82.3 cm³/mol. The third kappa shape index (κ3) is 3.50. The second-order valence-corrected chi connectivity index (χ2v) is 7.25. The Labute approximate surface area is 119 Å². The highest BCUT2D eigenvalue weighted by Crippen LogP contribution is 2.34. The van der Waals surface area contributed by atoms with Crippen molar-refractivity contribution >= 4 is 0 Å². The zero-order valence-corrected chi connectivity index (χ0v) is 13.2. The first kappa shape index (κ1) is 15.3. The van der Waals surface area contributed by atoms with Crippen molar-refractivity contribution in [2.45, 2.75) is 64.0 Å². The molecule has 1 aliphatic heterocycles. The molecule has 1 aliphatic carbocycles. The Morgan fingerprint density at radius 2 is 1.95 bits per heavy atom. The van der Waals surface area contributed by atoms with Crippen molar-refractivity contribution in [1.82, 2.24) is 9.80 Å². The highest BCUT2D eigenvalue weighted by Gasteiger charge is 2.42. The van der Waals surface area contributed by atoms with Gasteiger partial charge in [-0.05, 0) is 45.2 Å². The monoisotopic (exact) mass is 267 g/mol. The van der Waals surface area contributed by atoms with Gasteiger partial charge in [-0.2, -0.15) is 0 Å². The van der Waals surface area contributed by atoms with Gasteiger partial charge in [0, 0.05) is 31.2 Å². The molecule has 3 heteroatoms. The van der Waals surface area contributed by atoms with Crippen molar-refractivity contribution in [2.24, 2.45) is 11.7 Å². The second-order valence-electron chi connectivity index (χ2n) is 7.25. The Balaban J connectivity index is 2.17. The number of hydrogen-bond donors (Lipinski definition) is 1. The Bertz CT molecular complexity index is 273. The summed E-state index contributed by atoms with van der Waals surface area (Å²) in [6, 6.07) is 0.789. The quantitative estimate of drug-likeness (QED) is 0.829. The SMILES string of the molecule is CC(C)CN(C1CCCC1)C1(CN)CCCN(C)C1. The Kier molecular flexibility index (Phi) is 5.27. The first-order valence-electron chi connectivity index (χ1n) is 8.23. The number of rotatable bonds is 5. The molecule has 112 valence electrons. The third-order valence-corrected chi connectivity index (χ3v) is 5.06. The van der Waals surface area contributed by atoms with Crippen LogP contribution in [0.3, 0.4) is 0 Å². The molecule has 2 N–H and O–H groups in total. The van der Waals surface area contributed by atoms with Crippen LogP contribution in [0.2, 0.25) is 0 Å². The lowest BCUT2D eigenvalue weighted by molar-refractivity contribution is -0.0111. The normalized spacial score (nSPS) is 30.6. The van der Waals surface area contributed by atoms with E-state index in [1.54, 1.807) is 0 Å². The molecule has 0 spiro atoms. The highest BCUT2D eigenvalue weighted by atomic mass is 15.3. The van der Waals surface area contributed by atoms with Crippen LogP contribution in [0.1, 0.15) is 52.4 Å². The largest absolute Gasteiger partial charge is 0.329 e. The molecule has 0 aromatic heterocycles. The van der Waals surface area contributed by atoms with E-state index < -0.39 is 0 Å². The summed E-state index contributed by atoms with van der Waals surface area (Å²) >= 11 is 0. The molecule has 2 aliphatic rings. The van der Waals surface area contributed by atoms with Gasteiger partial charge in [0.2, 0.25) is 0 Å². The summed E-state index contributed by atoms with van der Waals surface area (Å²) < 4.78 is 0. The van der Waals surface area contributed by atoms with Gasteiger partial charge in [-0.1, -0.05) is 26.7 Å². The fourth-order valence-electron chi connectivity index (χ4n) is 4.20. The van der Waals surface area contributed by atoms with Crippen LogP contribution in [-0.2, 0) is 0 Å². The van der Waals surface area contributed by atoms with Crippen LogP contribution in [0, 0.1) is 5.92 Å². The van der Waals surface area contributed by atoms with E-state index in [0.717, 1.165) is 25.0 Å². The van der Waals surface area contributed by atoms with Crippen LogP contribution in [0.4, 0.5) is 0 Å². The molecule has 1 heterocycles. The Hall–Kier alpha value is -0.120. The molecule has 1 atom stereocenters. The lowest BCUT2D eigenvalue weighted by Crippen LogP contribution is -2.64. The molecular weight excluding hydrogens is 234 g/mol. The van der Waals surface area contributed by atoms with E-state index in [-0.39, 0.29) is 5.54 Å². The molecule has 2 rings (SSSR count). The average Bonchev–Trinajstić information content (AvgIpc) is 2.89. The standard InChI is InChI=1S/C16H33N3/c1-14(2)11-19(15-7-4-5-8-15)16(12-17)9-6-10-18(3)13-16/h14-15H,4-13,17H2,1-3H3.